The summed E-state index contributed by atoms with van der Waals surface area (Å²) in [5.74, 6) is 1.21. The third kappa shape index (κ3) is 7.00. The van der Waals surface area contributed by atoms with Gasteiger partial charge in [0.05, 0.1) is 25.4 Å². The lowest BCUT2D eigenvalue weighted by molar-refractivity contribution is -0.346. The number of allylic oxidation sites excluding steroid dienone is 4. The molecule has 0 bridgehead atoms. The fourth-order valence-electron chi connectivity index (χ4n) is 12.8. The molecule has 6 rings (SSSR count). The van der Waals surface area contributed by atoms with Gasteiger partial charge in [-0.2, -0.15) is 0 Å². The highest BCUT2D eigenvalue weighted by atomic mass is 16.7. The Morgan fingerprint density at radius 1 is 0.685 bits per heavy atom. The molecule has 54 heavy (non-hydrogen) atoms. The van der Waals surface area contributed by atoms with Crippen molar-refractivity contribution in [3.63, 3.8) is 0 Å². The molecule has 12 nitrogen and oxygen atoms in total. The predicted molar refractivity (Wildman–Crippen MR) is 199 cm³/mol. The van der Waals surface area contributed by atoms with Gasteiger partial charge in [-0.05, 0) is 117 Å². The Balaban J connectivity index is 1.15. The van der Waals surface area contributed by atoms with E-state index in [4.69, 9.17) is 18.9 Å². The molecular weight excluding hydrogens is 696 g/mol. The van der Waals surface area contributed by atoms with Crippen molar-refractivity contribution in [2.45, 2.75) is 180 Å². The van der Waals surface area contributed by atoms with Gasteiger partial charge in [0.1, 0.15) is 48.8 Å². The SMILES string of the molecule is CC(C)=CC/C=C(/C)[C@H]1CC[C@]2(C)C1[C@H](O)CC1[C@@]3(C)CCC(O[C@@H]4O[C@H](CO[C@@H]5O[C@H](CO)[C@@H](O)[C@H](O)[C@H]5O)[C@@H](O)[C@H](O)[C@H]4O)C(C)(C)[C@@H]3CC[C@]12C. The first-order valence-electron chi connectivity index (χ1n) is 20.5. The molecule has 0 amide bonds. The average molecular weight is 767 g/mol. The normalized spacial score (nSPS) is 51.9. The van der Waals surface area contributed by atoms with Crippen molar-refractivity contribution < 1.29 is 59.8 Å². The lowest BCUT2D eigenvalue weighted by atomic mass is 9.35. The molecule has 0 aromatic rings. The predicted octanol–water partition coefficient (Wildman–Crippen LogP) is 2.95. The van der Waals surface area contributed by atoms with Crippen molar-refractivity contribution >= 4 is 0 Å². The standard InChI is InChI=1S/C42H70O12/c1-21(2)10-9-11-22(3)23-12-16-42(8)30(23)24(44)18-28-40(6)15-14-29(39(4,5)27(40)13-17-41(28,42)7)54-38-36(50)34(48)32(46)26(53-38)20-51-37-35(49)33(47)31(45)25(19-43)52-37/h10-11,23-38,43-50H,9,12-20H2,1-8H3/b22-11-/t23-,24-,25-,26-,27+,28?,29?,30?,31-,32-,33+,34+,35-,36-,37-,38+,40+,41-,42-/m1/s1. The fraction of sp³-hybridized carbons (Fsp3) is 0.905. The molecule has 2 heterocycles. The summed E-state index contributed by atoms with van der Waals surface area (Å²) in [6, 6.07) is 0. The monoisotopic (exact) mass is 766 g/mol. The van der Waals surface area contributed by atoms with Crippen LogP contribution in [0, 0.1) is 45.3 Å². The number of aliphatic hydroxyl groups is 8. The Morgan fingerprint density at radius 2 is 1.30 bits per heavy atom. The largest absolute Gasteiger partial charge is 0.394 e. The van der Waals surface area contributed by atoms with Gasteiger partial charge < -0.3 is 59.8 Å². The van der Waals surface area contributed by atoms with E-state index >= 15 is 0 Å². The molecule has 0 aromatic heterocycles. The second-order valence-electron chi connectivity index (χ2n) is 19.5. The van der Waals surface area contributed by atoms with Crippen molar-refractivity contribution in [3.05, 3.63) is 23.3 Å². The summed E-state index contributed by atoms with van der Waals surface area (Å²) in [5, 5.41) is 85.1. The highest BCUT2D eigenvalue weighted by Crippen LogP contribution is 2.75. The Labute approximate surface area is 321 Å². The van der Waals surface area contributed by atoms with Gasteiger partial charge in [0, 0.05) is 0 Å². The van der Waals surface area contributed by atoms with E-state index in [1.54, 1.807) is 0 Å². The van der Waals surface area contributed by atoms with E-state index in [0.717, 1.165) is 44.9 Å². The van der Waals surface area contributed by atoms with Gasteiger partial charge >= 0.3 is 0 Å². The molecular formula is C42H70O12. The first-order valence-corrected chi connectivity index (χ1v) is 20.5. The van der Waals surface area contributed by atoms with Crippen LogP contribution in [-0.2, 0) is 18.9 Å². The average Bonchev–Trinajstić information content (AvgIpc) is 3.49. The van der Waals surface area contributed by atoms with Gasteiger partial charge in [0.2, 0.25) is 0 Å². The minimum Gasteiger partial charge on any atom is -0.394 e. The number of fused-ring (bicyclic) bond motifs is 5. The lowest BCUT2D eigenvalue weighted by Gasteiger charge is -2.70. The minimum atomic E-state index is -1.65. The number of ether oxygens (including phenoxy) is 4. The topological polar surface area (TPSA) is 199 Å². The van der Waals surface area contributed by atoms with Crippen molar-refractivity contribution in [1.82, 2.24) is 0 Å². The Kier molecular flexibility index (Phi) is 12.3. The van der Waals surface area contributed by atoms with Crippen LogP contribution >= 0.6 is 0 Å². The van der Waals surface area contributed by atoms with Crippen LogP contribution in [0.25, 0.3) is 0 Å². The first kappa shape index (κ1) is 42.6. The molecule has 8 N–H and O–H groups in total. The van der Waals surface area contributed by atoms with Crippen LogP contribution in [0.5, 0.6) is 0 Å². The second-order valence-corrected chi connectivity index (χ2v) is 19.5. The van der Waals surface area contributed by atoms with E-state index < -0.39 is 74.6 Å². The van der Waals surface area contributed by atoms with Gasteiger partial charge in [0.15, 0.2) is 12.6 Å². The van der Waals surface area contributed by atoms with Crippen molar-refractivity contribution in [2.24, 2.45) is 45.3 Å². The zero-order valence-corrected chi connectivity index (χ0v) is 33.7. The Bertz CT molecular complexity index is 1380. The van der Waals surface area contributed by atoms with Gasteiger partial charge in [-0.3, -0.25) is 0 Å². The minimum absolute atomic E-state index is 0.0147. The van der Waals surface area contributed by atoms with Crippen LogP contribution in [-0.4, -0.2) is 128 Å². The quantitative estimate of drug-likeness (QED) is 0.126. The summed E-state index contributed by atoms with van der Waals surface area (Å²) in [6.07, 6.45) is -3.14. The third-order valence-electron chi connectivity index (χ3n) is 16.1. The van der Waals surface area contributed by atoms with Crippen molar-refractivity contribution in [1.29, 1.82) is 0 Å². The number of hydrogen-bond donors (Lipinski definition) is 8. The number of aliphatic hydroxyl groups excluding tert-OH is 8. The van der Waals surface area contributed by atoms with E-state index in [-0.39, 0.29) is 45.7 Å². The maximum Gasteiger partial charge on any atom is 0.186 e. The summed E-state index contributed by atoms with van der Waals surface area (Å²) in [4.78, 5) is 0. The van der Waals surface area contributed by atoms with Crippen LogP contribution in [0.2, 0.25) is 0 Å². The maximum atomic E-state index is 12.1. The molecule has 4 saturated carbocycles. The second kappa shape index (κ2) is 15.6. The van der Waals surface area contributed by atoms with E-state index in [1.165, 1.54) is 11.1 Å². The molecule has 19 atom stereocenters. The van der Waals surface area contributed by atoms with Gasteiger partial charge in [-0.1, -0.05) is 57.9 Å². The molecule has 3 unspecified atom stereocenters. The molecule has 12 heteroatoms. The van der Waals surface area contributed by atoms with Crippen LogP contribution in [0.3, 0.4) is 0 Å². The fourth-order valence-corrected chi connectivity index (χ4v) is 12.8. The van der Waals surface area contributed by atoms with E-state index in [2.05, 4.69) is 67.5 Å². The van der Waals surface area contributed by atoms with Gasteiger partial charge in [0.25, 0.3) is 0 Å². The Hall–Kier alpha value is -1.00. The third-order valence-corrected chi connectivity index (χ3v) is 16.1. The highest BCUT2D eigenvalue weighted by molar-refractivity contribution is 5.23. The van der Waals surface area contributed by atoms with Gasteiger partial charge in [-0.15, -0.1) is 0 Å². The van der Waals surface area contributed by atoms with Crippen LogP contribution in [0.15, 0.2) is 23.3 Å². The Morgan fingerprint density at radius 3 is 1.94 bits per heavy atom. The molecule has 6 fully saturated rings. The van der Waals surface area contributed by atoms with Crippen molar-refractivity contribution in [2.75, 3.05) is 13.2 Å². The summed E-state index contributed by atoms with van der Waals surface area (Å²) in [6.45, 7) is 17.4. The summed E-state index contributed by atoms with van der Waals surface area (Å²) in [7, 11) is 0. The molecule has 0 radical (unpaired) electrons. The number of hydrogen-bond acceptors (Lipinski definition) is 12. The molecule has 310 valence electrons. The zero-order valence-electron chi connectivity index (χ0n) is 33.7. The molecule has 2 saturated heterocycles. The summed E-state index contributed by atoms with van der Waals surface area (Å²) >= 11 is 0. The van der Waals surface area contributed by atoms with Crippen LogP contribution in [0.4, 0.5) is 0 Å². The van der Waals surface area contributed by atoms with Crippen LogP contribution in [0.1, 0.15) is 107 Å². The zero-order chi connectivity index (χ0) is 39.7. The molecule has 0 spiro atoms. The summed E-state index contributed by atoms with van der Waals surface area (Å²) in [5.41, 5.74) is 2.40. The van der Waals surface area contributed by atoms with E-state index in [1.807, 2.05) is 0 Å². The van der Waals surface area contributed by atoms with Gasteiger partial charge in [-0.25, -0.2) is 0 Å². The van der Waals surface area contributed by atoms with Crippen molar-refractivity contribution in [3.8, 4) is 0 Å². The lowest BCUT2D eigenvalue weighted by Crippen LogP contribution is -2.67. The van der Waals surface area contributed by atoms with Crippen LogP contribution < -0.4 is 0 Å². The van der Waals surface area contributed by atoms with E-state index in [0.29, 0.717) is 18.3 Å². The molecule has 6 aliphatic rings. The first-order chi connectivity index (χ1) is 25.2. The number of rotatable bonds is 9. The summed E-state index contributed by atoms with van der Waals surface area (Å²) < 4.78 is 23.7. The highest BCUT2D eigenvalue weighted by Gasteiger charge is 2.70. The molecule has 2 aliphatic heterocycles. The van der Waals surface area contributed by atoms with E-state index in [9.17, 15) is 40.9 Å². The molecule has 0 aromatic carbocycles. The maximum absolute atomic E-state index is 12.1. The molecule has 4 aliphatic carbocycles. The smallest absolute Gasteiger partial charge is 0.186 e.